The molecule has 0 unspecified atom stereocenters. The summed E-state index contributed by atoms with van der Waals surface area (Å²) in [7, 11) is -2.41. The summed E-state index contributed by atoms with van der Waals surface area (Å²) in [6, 6.07) is 8.79. The summed E-state index contributed by atoms with van der Waals surface area (Å²) in [5.74, 6) is -0.453. The summed E-state index contributed by atoms with van der Waals surface area (Å²) in [5.41, 5.74) is 1.90. The molecule has 1 aromatic carbocycles. The Labute approximate surface area is 149 Å². The van der Waals surface area contributed by atoms with E-state index < -0.39 is 15.9 Å². The maximum absolute atomic E-state index is 12.4. The number of rotatable bonds is 5. The molecule has 7 nitrogen and oxygen atoms in total. The van der Waals surface area contributed by atoms with Gasteiger partial charge in [-0.25, -0.2) is 13.4 Å². The first-order valence-corrected chi connectivity index (χ1v) is 9.65. The summed E-state index contributed by atoms with van der Waals surface area (Å²) in [6.45, 7) is 1.67. The molecule has 0 atom stereocenters. The lowest BCUT2D eigenvalue weighted by molar-refractivity contribution is -0.116. The molecule has 0 saturated carbocycles. The van der Waals surface area contributed by atoms with Crippen LogP contribution in [-0.2, 0) is 14.8 Å². The van der Waals surface area contributed by atoms with Crippen LogP contribution in [0.25, 0.3) is 10.2 Å². The number of sulfonamides is 1. The highest BCUT2D eigenvalue weighted by Crippen LogP contribution is 2.26. The van der Waals surface area contributed by atoms with Gasteiger partial charge in [0.05, 0.1) is 16.8 Å². The number of carbonyl (C=O) groups is 1. The highest BCUT2D eigenvalue weighted by Gasteiger charge is 2.23. The van der Waals surface area contributed by atoms with Crippen molar-refractivity contribution in [1.82, 2.24) is 14.3 Å². The molecule has 2 aromatic heterocycles. The van der Waals surface area contributed by atoms with E-state index >= 15 is 0 Å². The van der Waals surface area contributed by atoms with Crippen molar-refractivity contribution in [1.29, 1.82) is 0 Å². The molecule has 0 radical (unpaired) electrons. The van der Waals surface area contributed by atoms with Gasteiger partial charge in [0.15, 0.2) is 5.13 Å². The molecule has 25 heavy (non-hydrogen) atoms. The minimum absolute atomic E-state index is 0.0424. The number of anilines is 1. The van der Waals surface area contributed by atoms with Crippen LogP contribution in [0.2, 0.25) is 0 Å². The topological polar surface area (TPSA) is 92.3 Å². The molecule has 3 rings (SSSR count). The van der Waals surface area contributed by atoms with Gasteiger partial charge in [0.2, 0.25) is 15.9 Å². The molecule has 3 aromatic rings. The number of aromatic nitrogens is 2. The number of nitrogens with one attached hydrogen (secondary N) is 1. The van der Waals surface area contributed by atoms with Crippen molar-refractivity contribution in [3.8, 4) is 0 Å². The first kappa shape index (κ1) is 17.5. The van der Waals surface area contributed by atoms with Gasteiger partial charge in [0.25, 0.3) is 0 Å². The summed E-state index contributed by atoms with van der Waals surface area (Å²) in [6.07, 6.45) is 2.74. The van der Waals surface area contributed by atoms with Crippen molar-refractivity contribution in [2.45, 2.75) is 11.8 Å². The Morgan fingerprint density at radius 1 is 1.32 bits per heavy atom. The van der Waals surface area contributed by atoms with E-state index in [0.29, 0.717) is 5.13 Å². The zero-order valence-electron chi connectivity index (χ0n) is 13.6. The van der Waals surface area contributed by atoms with Gasteiger partial charge >= 0.3 is 0 Å². The molecule has 130 valence electrons. The van der Waals surface area contributed by atoms with Gasteiger partial charge in [-0.15, -0.1) is 0 Å². The SMILES string of the molecule is Cc1ccc2nc(NC(=O)CN(C)S(=O)(=O)c3cccnc3)sc2c1. The molecule has 1 amide bonds. The number of likely N-dealkylation sites (N-methyl/N-ethyl adjacent to an activating group) is 1. The average molecular weight is 376 g/mol. The maximum Gasteiger partial charge on any atom is 0.244 e. The van der Waals surface area contributed by atoms with E-state index in [1.54, 1.807) is 0 Å². The van der Waals surface area contributed by atoms with E-state index in [9.17, 15) is 13.2 Å². The number of aryl methyl sites for hydroxylation is 1. The van der Waals surface area contributed by atoms with E-state index in [2.05, 4.69) is 15.3 Å². The van der Waals surface area contributed by atoms with E-state index in [-0.39, 0.29) is 11.4 Å². The van der Waals surface area contributed by atoms with E-state index in [1.165, 1.54) is 42.9 Å². The molecule has 9 heteroatoms. The Balaban J connectivity index is 1.71. The highest BCUT2D eigenvalue weighted by atomic mass is 32.2. The van der Waals surface area contributed by atoms with Crippen molar-refractivity contribution in [3.63, 3.8) is 0 Å². The number of nitrogens with zero attached hydrogens (tertiary/aromatic N) is 3. The summed E-state index contributed by atoms with van der Waals surface area (Å²) >= 11 is 1.35. The molecule has 2 heterocycles. The highest BCUT2D eigenvalue weighted by molar-refractivity contribution is 7.89. The summed E-state index contributed by atoms with van der Waals surface area (Å²) in [4.78, 5) is 20.3. The first-order valence-electron chi connectivity index (χ1n) is 7.40. The zero-order chi connectivity index (χ0) is 18.0. The van der Waals surface area contributed by atoms with Gasteiger partial charge in [-0.05, 0) is 36.8 Å². The molecule has 0 spiro atoms. The lowest BCUT2D eigenvalue weighted by Gasteiger charge is -2.16. The Morgan fingerprint density at radius 2 is 2.12 bits per heavy atom. The number of hydrogen-bond acceptors (Lipinski definition) is 6. The minimum Gasteiger partial charge on any atom is -0.301 e. The van der Waals surface area contributed by atoms with Crippen molar-refractivity contribution in [2.24, 2.45) is 0 Å². The Hall–Kier alpha value is -2.36. The third kappa shape index (κ3) is 3.84. The lowest BCUT2D eigenvalue weighted by Crippen LogP contribution is -2.35. The smallest absolute Gasteiger partial charge is 0.244 e. The Kier molecular flexibility index (Phi) is 4.80. The maximum atomic E-state index is 12.4. The number of hydrogen-bond donors (Lipinski definition) is 1. The predicted molar refractivity (Wildman–Crippen MR) is 97.0 cm³/mol. The van der Waals surface area contributed by atoms with Crippen LogP contribution in [0.4, 0.5) is 5.13 Å². The zero-order valence-corrected chi connectivity index (χ0v) is 15.3. The van der Waals surface area contributed by atoms with Crippen molar-refractivity contribution in [2.75, 3.05) is 18.9 Å². The minimum atomic E-state index is -3.76. The summed E-state index contributed by atoms with van der Waals surface area (Å²) < 4.78 is 26.7. The fraction of sp³-hybridized carbons (Fsp3) is 0.188. The van der Waals surface area contributed by atoms with Gasteiger partial charge in [0.1, 0.15) is 4.90 Å². The van der Waals surface area contributed by atoms with Crippen molar-refractivity contribution < 1.29 is 13.2 Å². The number of carbonyl (C=O) groups excluding carboxylic acids is 1. The molecule has 0 saturated heterocycles. The summed E-state index contributed by atoms with van der Waals surface area (Å²) in [5, 5.41) is 3.09. The Morgan fingerprint density at radius 3 is 2.84 bits per heavy atom. The largest absolute Gasteiger partial charge is 0.301 e. The van der Waals surface area contributed by atoms with Crippen LogP contribution >= 0.6 is 11.3 Å². The number of benzene rings is 1. The number of thiazole rings is 1. The molecule has 0 fully saturated rings. The van der Waals surface area contributed by atoms with Gasteiger partial charge < -0.3 is 5.32 Å². The van der Waals surface area contributed by atoms with Crippen LogP contribution in [0.15, 0.2) is 47.6 Å². The third-order valence-electron chi connectivity index (χ3n) is 3.50. The third-order valence-corrected chi connectivity index (χ3v) is 6.22. The number of pyridine rings is 1. The monoisotopic (exact) mass is 376 g/mol. The number of amides is 1. The van der Waals surface area contributed by atoms with Crippen LogP contribution in [0, 0.1) is 6.92 Å². The lowest BCUT2D eigenvalue weighted by atomic mass is 10.2. The van der Waals surface area contributed by atoms with Crippen LogP contribution < -0.4 is 5.32 Å². The Bertz CT molecular complexity index is 1020. The van der Waals surface area contributed by atoms with Gasteiger partial charge in [-0.1, -0.05) is 17.4 Å². The first-order chi connectivity index (χ1) is 11.9. The van der Waals surface area contributed by atoms with Gasteiger partial charge in [-0.2, -0.15) is 4.31 Å². The van der Waals surface area contributed by atoms with Crippen LogP contribution in [-0.4, -0.2) is 42.2 Å². The quantitative estimate of drug-likeness (QED) is 0.737. The van der Waals surface area contributed by atoms with E-state index in [0.717, 1.165) is 20.1 Å². The molecule has 0 aliphatic rings. The average Bonchev–Trinajstić information content (AvgIpc) is 2.96. The molecule has 1 N–H and O–H groups in total. The molecular weight excluding hydrogens is 360 g/mol. The number of fused-ring (bicyclic) bond motifs is 1. The fourth-order valence-electron chi connectivity index (χ4n) is 2.21. The van der Waals surface area contributed by atoms with Gasteiger partial charge in [-0.3, -0.25) is 9.78 Å². The molecular formula is C16H16N4O3S2. The molecule has 0 aliphatic heterocycles. The van der Waals surface area contributed by atoms with Crippen LogP contribution in [0.5, 0.6) is 0 Å². The van der Waals surface area contributed by atoms with Gasteiger partial charge in [0, 0.05) is 19.4 Å². The van der Waals surface area contributed by atoms with E-state index in [1.807, 2.05) is 25.1 Å². The second-order valence-electron chi connectivity index (χ2n) is 5.49. The second kappa shape index (κ2) is 6.87. The van der Waals surface area contributed by atoms with Crippen molar-refractivity contribution >= 4 is 42.6 Å². The van der Waals surface area contributed by atoms with Crippen molar-refractivity contribution in [3.05, 3.63) is 48.3 Å². The van der Waals surface area contributed by atoms with Crippen LogP contribution in [0.3, 0.4) is 0 Å². The standard InChI is InChI=1S/C16H16N4O3S2/c1-11-5-6-13-14(8-11)24-16(18-13)19-15(21)10-20(2)25(22,23)12-4-3-7-17-9-12/h3-9H,10H2,1-2H3,(H,18,19,21). The second-order valence-corrected chi connectivity index (χ2v) is 8.56. The molecule has 0 bridgehead atoms. The normalized spacial score (nSPS) is 11.8. The predicted octanol–water partition coefficient (Wildman–Crippen LogP) is 2.26. The van der Waals surface area contributed by atoms with Crippen LogP contribution in [0.1, 0.15) is 5.56 Å². The molecule has 0 aliphatic carbocycles. The van der Waals surface area contributed by atoms with E-state index in [4.69, 9.17) is 0 Å². The fourth-order valence-corrected chi connectivity index (χ4v) is 4.28.